The van der Waals surface area contributed by atoms with Crippen LogP contribution in [0.5, 0.6) is 0 Å². The van der Waals surface area contributed by atoms with Crippen molar-refractivity contribution in [1.82, 2.24) is 10.2 Å². The van der Waals surface area contributed by atoms with Crippen LogP contribution in [0.4, 0.5) is 9.18 Å². The lowest BCUT2D eigenvalue weighted by Crippen LogP contribution is -2.60. The lowest BCUT2D eigenvalue weighted by Gasteiger charge is -2.36. The highest BCUT2D eigenvalue weighted by molar-refractivity contribution is 6.30. The summed E-state index contributed by atoms with van der Waals surface area (Å²) < 4.78 is 20.2. The van der Waals surface area contributed by atoms with Crippen LogP contribution in [-0.2, 0) is 4.74 Å². The molecule has 2 aliphatic heterocycles. The zero-order valence-electron chi connectivity index (χ0n) is 10.8. The Morgan fingerprint density at radius 2 is 2.33 bits per heavy atom. The average Bonchev–Trinajstić information content (AvgIpc) is 2.64. The van der Waals surface area contributed by atoms with Crippen molar-refractivity contribution in [1.29, 1.82) is 0 Å². The third-order valence-electron chi connectivity index (χ3n) is 3.22. The van der Waals surface area contributed by atoms with E-state index in [0.29, 0.717) is 0 Å². The van der Waals surface area contributed by atoms with Gasteiger partial charge in [-0.05, 0) is 24.4 Å². The third-order valence-corrected chi connectivity index (χ3v) is 3.31. The summed E-state index contributed by atoms with van der Waals surface area (Å²) in [5.41, 5.74) is -2.70. The van der Waals surface area contributed by atoms with Crippen LogP contribution in [0.2, 0.25) is 0 Å². The average molecular weight is 322 g/mol. The number of halogens is 2. The van der Waals surface area contributed by atoms with E-state index in [0.717, 1.165) is 11.2 Å². The van der Waals surface area contributed by atoms with E-state index in [1.807, 2.05) is 16.6 Å². The number of rotatable bonds is 2. The number of carbonyl (C=O) groups excluding carboxylic acids is 1. The molecule has 2 unspecified atom stereocenters. The van der Waals surface area contributed by atoms with Gasteiger partial charge >= 0.3 is 6.03 Å². The molecule has 6 atom stereocenters. The lowest BCUT2D eigenvalue weighted by molar-refractivity contribution is -0.134. The molecule has 0 aliphatic carbocycles. The fourth-order valence-corrected chi connectivity index (χ4v) is 2.32. The Morgan fingerprint density at radius 3 is 2.86 bits per heavy atom. The highest BCUT2D eigenvalue weighted by Crippen LogP contribution is 2.38. The van der Waals surface area contributed by atoms with Gasteiger partial charge in [0, 0.05) is 5.38 Å². The molecule has 1 saturated heterocycles. The van der Waals surface area contributed by atoms with Gasteiger partial charge in [-0.15, -0.1) is 0 Å². The first kappa shape index (κ1) is 15.9. The summed E-state index contributed by atoms with van der Waals surface area (Å²) in [5, 5.41) is 33.1. The van der Waals surface area contributed by atoms with Crippen molar-refractivity contribution in [2.45, 2.75) is 43.5 Å². The highest BCUT2D eigenvalue weighted by Gasteiger charge is 2.61. The van der Waals surface area contributed by atoms with E-state index >= 15 is 0 Å². The fourth-order valence-electron chi connectivity index (χ4n) is 2.17. The minimum Gasteiger partial charge on any atom is -0.391 e. The van der Waals surface area contributed by atoms with E-state index in [9.17, 15) is 24.5 Å². The largest absolute Gasteiger partial charge is 0.391 e. The predicted octanol–water partition coefficient (Wildman–Crippen LogP) is -1.31. The first-order chi connectivity index (χ1) is 9.81. The molecule has 2 heterocycles. The minimum atomic E-state index is -2.70. The van der Waals surface area contributed by atoms with Crippen molar-refractivity contribution >= 4 is 24.0 Å². The molecule has 8 nitrogen and oxygen atoms in total. The van der Waals surface area contributed by atoms with Gasteiger partial charge in [0.2, 0.25) is 12.0 Å². The standard InChI is InChI=1S/C11H13ClFN3O5/c1-5(17)6-7(18)11(13,2-3-12)8(21-6)16-4-14-9(19)15-10(16)20/h4-8,10,17-18,20H,1H3,(H,15,19)/t5-,6-,7+,8-,10?,11?/m1/s1. The van der Waals surface area contributed by atoms with Crippen LogP contribution in [-0.4, -0.2) is 69.1 Å². The number of nitrogens with zero attached hydrogens (tertiary/aromatic N) is 2. The topological polar surface area (TPSA) is 115 Å². The summed E-state index contributed by atoms with van der Waals surface area (Å²) in [6.45, 7) is 1.30. The van der Waals surface area contributed by atoms with Crippen molar-refractivity contribution in [3.8, 4) is 11.3 Å². The molecular weight excluding hydrogens is 309 g/mol. The fraction of sp³-hybridized carbons (Fsp3) is 0.636. The number of alkyl halides is 1. The zero-order valence-corrected chi connectivity index (χ0v) is 11.5. The molecule has 0 saturated carbocycles. The highest BCUT2D eigenvalue weighted by atomic mass is 35.5. The van der Waals surface area contributed by atoms with Crippen LogP contribution in [0.15, 0.2) is 4.99 Å². The lowest BCUT2D eigenvalue weighted by atomic mass is 9.94. The molecule has 4 N–H and O–H groups in total. The van der Waals surface area contributed by atoms with Crippen LogP contribution in [0.3, 0.4) is 0 Å². The van der Waals surface area contributed by atoms with Gasteiger partial charge in [-0.3, -0.25) is 10.2 Å². The molecule has 2 rings (SSSR count). The van der Waals surface area contributed by atoms with Gasteiger partial charge in [0.25, 0.3) is 0 Å². The summed E-state index contributed by atoms with van der Waals surface area (Å²) in [4.78, 5) is 15.1. The molecule has 0 spiro atoms. The van der Waals surface area contributed by atoms with Gasteiger partial charge in [-0.2, -0.15) is 4.99 Å². The summed E-state index contributed by atoms with van der Waals surface area (Å²) in [5.74, 6) is 1.97. The molecular formula is C11H13ClFN3O5. The number of ether oxygens (including phenoxy) is 1. The molecule has 0 aromatic rings. The Morgan fingerprint density at radius 1 is 1.67 bits per heavy atom. The van der Waals surface area contributed by atoms with Crippen LogP contribution in [0.1, 0.15) is 6.92 Å². The van der Waals surface area contributed by atoms with Gasteiger partial charge in [-0.25, -0.2) is 9.18 Å². The SMILES string of the molecule is C[C@@H](O)[C@H]1O[C@@H](N2C=NC(=O)NC2O)C(F)(C#CCl)[C@H]1O. The first-order valence-corrected chi connectivity index (χ1v) is 6.32. The number of hydrogen-bond acceptors (Lipinski definition) is 6. The molecule has 116 valence electrons. The normalized spacial score (nSPS) is 40.5. The van der Waals surface area contributed by atoms with Crippen molar-refractivity contribution in [2.75, 3.05) is 0 Å². The number of aliphatic hydroxyl groups is 3. The number of amides is 2. The van der Waals surface area contributed by atoms with Gasteiger partial charge in [-0.1, -0.05) is 0 Å². The van der Waals surface area contributed by atoms with E-state index in [-0.39, 0.29) is 0 Å². The molecule has 0 radical (unpaired) electrons. The van der Waals surface area contributed by atoms with Crippen LogP contribution in [0, 0.1) is 11.3 Å². The van der Waals surface area contributed by atoms with Gasteiger partial charge in [0.1, 0.15) is 18.5 Å². The van der Waals surface area contributed by atoms with E-state index < -0.39 is 42.6 Å². The zero-order chi connectivity index (χ0) is 15.8. The van der Waals surface area contributed by atoms with E-state index in [1.165, 1.54) is 6.92 Å². The molecule has 0 aromatic carbocycles. The van der Waals surface area contributed by atoms with Crippen molar-refractivity contribution in [3.63, 3.8) is 0 Å². The Kier molecular flexibility index (Phi) is 4.36. The number of aliphatic hydroxyl groups excluding tert-OH is 3. The van der Waals surface area contributed by atoms with E-state index in [4.69, 9.17) is 16.3 Å². The quantitative estimate of drug-likeness (QED) is 0.470. The summed E-state index contributed by atoms with van der Waals surface area (Å²) in [7, 11) is 0. The Bertz CT molecular complexity index is 522. The van der Waals surface area contributed by atoms with Crippen LogP contribution in [0.25, 0.3) is 0 Å². The van der Waals surface area contributed by atoms with Crippen LogP contribution < -0.4 is 5.32 Å². The van der Waals surface area contributed by atoms with Crippen molar-refractivity contribution in [2.24, 2.45) is 4.99 Å². The maximum Gasteiger partial charge on any atom is 0.345 e. The number of hydrogen-bond donors (Lipinski definition) is 4. The molecule has 2 amide bonds. The Balaban J connectivity index is 2.37. The number of nitrogens with one attached hydrogen (secondary N) is 1. The van der Waals surface area contributed by atoms with Crippen molar-refractivity contribution < 1.29 is 29.2 Å². The maximum absolute atomic E-state index is 15.0. The van der Waals surface area contributed by atoms with Gasteiger partial charge < -0.3 is 20.1 Å². The summed E-state index contributed by atoms with van der Waals surface area (Å²) in [6, 6.07) is -0.822. The minimum absolute atomic E-state index is 0.814. The third kappa shape index (κ3) is 2.68. The second-order valence-corrected chi connectivity index (χ2v) is 4.83. The van der Waals surface area contributed by atoms with Crippen LogP contribution >= 0.6 is 11.6 Å². The van der Waals surface area contributed by atoms with E-state index in [1.54, 1.807) is 0 Å². The number of urea groups is 1. The molecule has 0 bridgehead atoms. The molecule has 1 fully saturated rings. The van der Waals surface area contributed by atoms with Gasteiger partial charge in [0.15, 0.2) is 6.23 Å². The monoisotopic (exact) mass is 321 g/mol. The first-order valence-electron chi connectivity index (χ1n) is 5.94. The smallest absolute Gasteiger partial charge is 0.345 e. The van der Waals surface area contributed by atoms with E-state index in [2.05, 4.69) is 4.99 Å². The Hall–Kier alpha value is -1.44. The summed E-state index contributed by atoms with van der Waals surface area (Å²) >= 11 is 5.21. The number of aliphatic imine (C=N–C) groups is 1. The molecule has 21 heavy (non-hydrogen) atoms. The number of carbonyl (C=O) groups is 1. The van der Waals surface area contributed by atoms with Gasteiger partial charge in [0.05, 0.1) is 6.10 Å². The second-order valence-electron chi connectivity index (χ2n) is 4.64. The Labute approximate surface area is 124 Å². The van der Waals surface area contributed by atoms with Crippen molar-refractivity contribution in [3.05, 3.63) is 0 Å². The maximum atomic E-state index is 15.0. The molecule has 0 aromatic heterocycles. The summed E-state index contributed by atoms with van der Waals surface area (Å²) in [6.07, 6.45) is -6.71. The molecule has 10 heteroatoms. The predicted molar refractivity (Wildman–Crippen MR) is 68.7 cm³/mol. The molecule has 2 aliphatic rings. The second kappa shape index (κ2) is 5.75.